The Balaban J connectivity index is 2.60. The van der Waals surface area contributed by atoms with Gasteiger partial charge in [-0.2, -0.15) is 0 Å². The lowest BCUT2D eigenvalue weighted by Crippen LogP contribution is -2.53. The largest absolute Gasteiger partial charge is 0.467 e. The minimum absolute atomic E-state index is 0.0405. The molecular formula is C11H17NO5. The van der Waals surface area contributed by atoms with Crippen LogP contribution in [0.15, 0.2) is 0 Å². The number of hydrogen-bond acceptors (Lipinski definition) is 5. The first-order valence-corrected chi connectivity index (χ1v) is 5.50. The van der Waals surface area contributed by atoms with Crippen LogP contribution < -0.4 is 0 Å². The number of amides is 1. The van der Waals surface area contributed by atoms with E-state index in [0.29, 0.717) is 13.2 Å². The van der Waals surface area contributed by atoms with Crippen molar-refractivity contribution in [2.45, 2.75) is 25.8 Å². The van der Waals surface area contributed by atoms with Gasteiger partial charge < -0.3 is 19.2 Å². The molecule has 0 saturated carbocycles. The van der Waals surface area contributed by atoms with E-state index in [2.05, 4.69) is 4.74 Å². The molecule has 6 nitrogen and oxygen atoms in total. The van der Waals surface area contributed by atoms with Crippen molar-refractivity contribution < 1.29 is 23.9 Å². The van der Waals surface area contributed by atoms with Gasteiger partial charge in [0.05, 0.1) is 20.3 Å². The summed E-state index contributed by atoms with van der Waals surface area (Å²) in [6.07, 6.45) is 0.326. The molecule has 0 spiro atoms. The number of rotatable bonds is 4. The van der Waals surface area contributed by atoms with Gasteiger partial charge in [-0.3, -0.25) is 4.79 Å². The number of carbonyl (C=O) groups is 3. The molecule has 1 amide bonds. The van der Waals surface area contributed by atoms with Gasteiger partial charge in [0.2, 0.25) is 5.91 Å². The number of esters is 1. The third-order valence-electron chi connectivity index (χ3n) is 2.61. The molecule has 1 aliphatic heterocycles. The van der Waals surface area contributed by atoms with Gasteiger partial charge >= 0.3 is 5.97 Å². The maximum Gasteiger partial charge on any atom is 0.331 e. The van der Waals surface area contributed by atoms with Crippen molar-refractivity contribution in [3.8, 4) is 0 Å². The topological polar surface area (TPSA) is 72.9 Å². The van der Waals surface area contributed by atoms with Gasteiger partial charge in [0, 0.05) is 19.4 Å². The highest BCUT2D eigenvalue weighted by molar-refractivity contribution is 5.87. The summed E-state index contributed by atoms with van der Waals surface area (Å²) in [6.45, 7) is 2.35. The molecule has 6 heteroatoms. The molecule has 0 bridgehead atoms. The number of morpholine rings is 1. The van der Waals surface area contributed by atoms with Crippen LogP contribution >= 0.6 is 0 Å². The number of hydrogen-bond donors (Lipinski definition) is 0. The molecule has 1 unspecified atom stereocenters. The van der Waals surface area contributed by atoms with E-state index >= 15 is 0 Å². The van der Waals surface area contributed by atoms with E-state index in [-0.39, 0.29) is 31.1 Å². The van der Waals surface area contributed by atoms with Crippen molar-refractivity contribution in [1.82, 2.24) is 4.90 Å². The molecule has 0 N–H and O–H groups in total. The Morgan fingerprint density at radius 1 is 1.35 bits per heavy atom. The fourth-order valence-corrected chi connectivity index (χ4v) is 1.66. The summed E-state index contributed by atoms with van der Waals surface area (Å²) in [5.41, 5.74) is 0. The van der Waals surface area contributed by atoms with Crippen LogP contribution in [0.4, 0.5) is 0 Å². The maximum absolute atomic E-state index is 11.8. The molecule has 1 heterocycles. The van der Waals surface area contributed by atoms with Gasteiger partial charge in [-0.15, -0.1) is 0 Å². The van der Waals surface area contributed by atoms with Crippen molar-refractivity contribution in [2.75, 3.05) is 26.9 Å². The van der Waals surface area contributed by atoms with E-state index in [9.17, 15) is 14.4 Å². The molecule has 17 heavy (non-hydrogen) atoms. The summed E-state index contributed by atoms with van der Waals surface area (Å²) in [5, 5.41) is 0. The first-order valence-electron chi connectivity index (χ1n) is 5.50. The van der Waals surface area contributed by atoms with Crippen LogP contribution in [-0.2, 0) is 23.9 Å². The van der Waals surface area contributed by atoms with Gasteiger partial charge in [0.25, 0.3) is 0 Å². The second-order valence-corrected chi connectivity index (χ2v) is 3.90. The van der Waals surface area contributed by atoms with E-state index in [0.717, 1.165) is 0 Å². The third-order valence-corrected chi connectivity index (χ3v) is 2.61. The molecule has 0 aromatic carbocycles. The average Bonchev–Trinajstić information content (AvgIpc) is 2.34. The summed E-state index contributed by atoms with van der Waals surface area (Å²) >= 11 is 0. The lowest BCUT2D eigenvalue weighted by Gasteiger charge is -2.33. The number of ether oxygens (including phenoxy) is 2. The summed E-state index contributed by atoms with van der Waals surface area (Å²) in [5.74, 6) is -0.735. The first-order chi connectivity index (χ1) is 8.06. The fraction of sp³-hybridized carbons (Fsp3) is 0.727. The molecule has 0 aromatic heterocycles. The van der Waals surface area contributed by atoms with Gasteiger partial charge in [0.15, 0.2) is 6.04 Å². The molecule has 1 aliphatic rings. The lowest BCUT2D eigenvalue weighted by molar-refractivity contribution is -0.160. The molecule has 1 saturated heterocycles. The third kappa shape index (κ3) is 3.81. The van der Waals surface area contributed by atoms with Gasteiger partial charge in [-0.25, -0.2) is 4.79 Å². The van der Waals surface area contributed by atoms with Crippen LogP contribution in [0.25, 0.3) is 0 Å². The smallest absolute Gasteiger partial charge is 0.331 e. The number of Topliss-reactive ketones (excluding diaryl/α,β-unsaturated/α-hetero) is 1. The lowest BCUT2D eigenvalue weighted by atomic mass is 10.1. The minimum atomic E-state index is -0.687. The van der Waals surface area contributed by atoms with Crippen molar-refractivity contribution in [3.05, 3.63) is 0 Å². The Morgan fingerprint density at radius 3 is 2.65 bits per heavy atom. The molecule has 96 valence electrons. The zero-order valence-electron chi connectivity index (χ0n) is 10.1. The minimum Gasteiger partial charge on any atom is -0.467 e. The normalized spacial score (nSPS) is 19.9. The van der Waals surface area contributed by atoms with Crippen LogP contribution in [0.1, 0.15) is 19.8 Å². The van der Waals surface area contributed by atoms with Crippen molar-refractivity contribution >= 4 is 17.7 Å². The van der Waals surface area contributed by atoms with E-state index in [1.165, 1.54) is 18.9 Å². The second kappa shape index (κ2) is 6.34. The molecule has 0 aromatic rings. The van der Waals surface area contributed by atoms with Crippen molar-refractivity contribution in [2.24, 2.45) is 0 Å². The maximum atomic E-state index is 11.8. The second-order valence-electron chi connectivity index (χ2n) is 3.90. The quantitative estimate of drug-likeness (QED) is 0.637. The first kappa shape index (κ1) is 13.6. The molecule has 1 rings (SSSR count). The summed E-state index contributed by atoms with van der Waals surface area (Å²) in [4.78, 5) is 35.5. The molecule has 0 radical (unpaired) electrons. The molecule has 0 aliphatic carbocycles. The van der Waals surface area contributed by atoms with Crippen molar-refractivity contribution in [3.63, 3.8) is 0 Å². The van der Waals surface area contributed by atoms with Gasteiger partial charge in [-0.05, 0) is 6.92 Å². The van der Waals surface area contributed by atoms with E-state index in [1.54, 1.807) is 0 Å². The highest BCUT2D eigenvalue weighted by Crippen LogP contribution is 2.11. The standard InChI is InChI=1S/C11H17NO5/c1-8(13)3-4-10(14)12-5-6-17-7-9(12)11(15)16-2/h9H,3-7H2,1-2H3. The Morgan fingerprint density at radius 2 is 2.06 bits per heavy atom. The SMILES string of the molecule is COC(=O)C1COCCN1C(=O)CCC(C)=O. The summed E-state index contributed by atoms with van der Waals surface area (Å²) in [7, 11) is 1.27. The Hall–Kier alpha value is -1.43. The van der Waals surface area contributed by atoms with Crippen molar-refractivity contribution in [1.29, 1.82) is 0 Å². The Kier molecular flexibility index (Phi) is 5.09. The highest BCUT2D eigenvalue weighted by Gasteiger charge is 2.33. The van der Waals surface area contributed by atoms with Gasteiger partial charge in [0.1, 0.15) is 5.78 Å². The fourth-order valence-electron chi connectivity index (χ4n) is 1.66. The highest BCUT2D eigenvalue weighted by atomic mass is 16.5. The van der Waals surface area contributed by atoms with Gasteiger partial charge in [-0.1, -0.05) is 0 Å². The predicted molar refractivity (Wildman–Crippen MR) is 58.3 cm³/mol. The number of nitrogens with zero attached hydrogens (tertiary/aromatic N) is 1. The predicted octanol–water partition coefficient (Wildman–Crippen LogP) is -0.244. The van der Waals surface area contributed by atoms with Crippen LogP contribution in [0.3, 0.4) is 0 Å². The van der Waals surface area contributed by atoms with E-state index in [1.807, 2.05) is 0 Å². The van der Waals surface area contributed by atoms with E-state index < -0.39 is 12.0 Å². The summed E-state index contributed by atoms with van der Waals surface area (Å²) in [6, 6.07) is -0.687. The number of methoxy groups -OCH3 is 1. The zero-order valence-corrected chi connectivity index (χ0v) is 10.1. The Labute approximate surface area is 99.9 Å². The molecular weight excluding hydrogens is 226 g/mol. The summed E-state index contributed by atoms with van der Waals surface area (Å²) < 4.78 is 9.77. The Bertz CT molecular complexity index is 315. The van der Waals surface area contributed by atoms with Crippen LogP contribution in [0.5, 0.6) is 0 Å². The number of ketones is 1. The van der Waals surface area contributed by atoms with Crippen LogP contribution in [0.2, 0.25) is 0 Å². The molecule has 1 fully saturated rings. The monoisotopic (exact) mass is 243 g/mol. The molecule has 1 atom stereocenters. The zero-order chi connectivity index (χ0) is 12.8. The van der Waals surface area contributed by atoms with Crippen LogP contribution in [0, 0.1) is 0 Å². The average molecular weight is 243 g/mol. The van der Waals surface area contributed by atoms with E-state index in [4.69, 9.17) is 4.74 Å². The van der Waals surface area contributed by atoms with Crippen LogP contribution in [-0.4, -0.2) is 55.5 Å². The number of carbonyl (C=O) groups excluding carboxylic acids is 3.